The number of aromatic nitrogens is 2. The van der Waals surface area contributed by atoms with Crippen molar-refractivity contribution < 1.29 is 18.0 Å². The SMILES string of the molecule is Cc1cc(S(=O)(=O)NC(C)C)ccc1-c1ccc(C[C@H](NC(=O)[C@H]2CC[C@H](CN)CC2)C(=O)Nc2ccc3c(=O)[nH][nH]c3c2)cc1. The van der Waals surface area contributed by atoms with Crippen molar-refractivity contribution in [1.29, 1.82) is 0 Å². The summed E-state index contributed by atoms with van der Waals surface area (Å²) in [7, 11) is -3.61. The van der Waals surface area contributed by atoms with Crippen LogP contribution in [-0.4, -0.2) is 49.1 Å². The summed E-state index contributed by atoms with van der Waals surface area (Å²) in [6.45, 7) is 6.04. The maximum atomic E-state index is 13.6. The molecule has 1 heterocycles. The van der Waals surface area contributed by atoms with Gasteiger partial charge in [0.25, 0.3) is 5.56 Å². The van der Waals surface area contributed by atoms with Crippen molar-refractivity contribution in [1.82, 2.24) is 20.2 Å². The first-order valence-corrected chi connectivity index (χ1v) is 17.2. The monoisotopic (exact) mass is 646 g/mol. The first-order valence-electron chi connectivity index (χ1n) is 15.7. The second kappa shape index (κ2) is 14.0. The third-order valence-electron chi connectivity index (χ3n) is 8.63. The molecule has 0 radical (unpaired) electrons. The fourth-order valence-electron chi connectivity index (χ4n) is 6.07. The smallest absolute Gasteiger partial charge is 0.271 e. The number of H-pyrrole nitrogens is 2. The Morgan fingerprint density at radius 3 is 2.33 bits per heavy atom. The third-order valence-corrected chi connectivity index (χ3v) is 10.3. The first-order chi connectivity index (χ1) is 21.9. The molecule has 1 aliphatic rings. The van der Waals surface area contributed by atoms with Gasteiger partial charge in [0.05, 0.1) is 15.8 Å². The number of hydrogen-bond donors (Lipinski definition) is 6. The van der Waals surface area contributed by atoms with Crippen LogP contribution in [0, 0.1) is 18.8 Å². The highest BCUT2D eigenvalue weighted by atomic mass is 32.2. The van der Waals surface area contributed by atoms with Crippen LogP contribution in [0.1, 0.15) is 50.7 Å². The van der Waals surface area contributed by atoms with Gasteiger partial charge in [0.1, 0.15) is 6.04 Å². The van der Waals surface area contributed by atoms with E-state index in [0.29, 0.717) is 29.1 Å². The van der Waals surface area contributed by atoms with Crippen LogP contribution in [0.3, 0.4) is 0 Å². The Morgan fingerprint density at radius 2 is 1.67 bits per heavy atom. The van der Waals surface area contributed by atoms with Crippen molar-refractivity contribution in [3.63, 3.8) is 0 Å². The van der Waals surface area contributed by atoms with Gasteiger partial charge >= 0.3 is 0 Å². The van der Waals surface area contributed by atoms with Crippen molar-refractivity contribution in [2.45, 2.75) is 69.9 Å². The molecule has 0 aliphatic heterocycles. The molecule has 1 aliphatic carbocycles. The average Bonchev–Trinajstić information content (AvgIpc) is 3.40. The zero-order chi connectivity index (χ0) is 33.0. The Hall–Kier alpha value is -4.26. The highest BCUT2D eigenvalue weighted by Gasteiger charge is 2.29. The van der Waals surface area contributed by atoms with Gasteiger partial charge in [-0.15, -0.1) is 0 Å². The van der Waals surface area contributed by atoms with Crippen LogP contribution in [0.5, 0.6) is 0 Å². The number of sulfonamides is 1. The van der Waals surface area contributed by atoms with Gasteiger partial charge in [0, 0.05) is 24.1 Å². The minimum absolute atomic E-state index is 0.143. The molecule has 0 bridgehead atoms. The van der Waals surface area contributed by atoms with Gasteiger partial charge in [-0.2, -0.15) is 0 Å². The number of hydrogen-bond acceptors (Lipinski definition) is 6. The molecule has 0 unspecified atom stereocenters. The van der Waals surface area contributed by atoms with E-state index < -0.39 is 16.1 Å². The standard InChI is InChI=1S/C34H42N6O5S/c1-20(2)40-46(44,45)27-13-15-28(21(3)16-27)24-8-4-22(5-9-24)17-31(37-32(41)25-10-6-23(19-35)7-11-25)34(43)36-26-12-14-29-30(18-26)38-39-33(29)42/h4-5,8-9,12-16,18,20,23,25,31,40H,6-7,10-11,17,19,35H2,1-3H3,(H,36,43)(H,37,41)(H2,38,39,42)/t23-,25-,31-/m0/s1. The van der Waals surface area contributed by atoms with Crippen LogP contribution in [0.15, 0.2) is 70.4 Å². The van der Waals surface area contributed by atoms with Crippen LogP contribution in [0.2, 0.25) is 0 Å². The summed E-state index contributed by atoms with van der Waals surface area (Å²) in [6, 6.07) is 16.6. The lowest BCUT2D eigenvalue weighted by molar-refractivity contribution is -0.130. The largest absolute Gasteiger partial charge is 0.344 e. The molecule has 12 heteroatoms. The predicted octanol–water partition coefficient (Wildman–Crippen LogP) is 3.95. The highest BCUT2D eigenvalue weighted by molar-refractivity contribution is 7.89. The fraction of sp³-hybridized carbons (Fsp3) is 0.382. The number of benzene rings is 3. The van der Waals surface area contributed by atoms with E-state index in [2.05, 4.69) is 25.6 Å². The summed E-state index contributed by atoms with van der Waals surface area (Å²) in [6.07, 6.45) is 3.52. The minimum atomic E-state index is -3.61. The van der Waals surface area contributed by atoms with Crippen molar-refractivity contribution >= 4 is 38.4 Å². The van der Waals surface area contributed by atoms with Crippen molar-refractivity contribution in [2.75, 3.05) is 11.9 Å². The van der Waals surface area contributed by atoms with Crippen molar-refractivity contribution in [3.8, 4) is 11.1 Å². The lowest BCUT2D eigenvalue weighted by atomic mass is 9.81. The average molecular weight is 647 g/mol. The molecule has 3 aromatic carbocycles. The quantitative estimate of drug-likeness (QED) is 0.144. The van der Waals surface area contributed by atoms with Gasteiger partial charge in [-0.25, -0.2) is 13.1 Å². The zero-order valence-electron chi connectivity index (χ0n) is 26.4. The summed E-state index contributed by atoms with van der Waals surface area (Å²) < 4.78 is 27.9. The lowest BCUT2D eigenvalue weighted by Gasteiger charge is -2.28. The molecule has 1 aromatic heterocycles. The number of aryl methyl sites for hydroxylation is 1. The van der Waals surface area contributed by atoms with E-state index in [1.165, 1.54) is 0 Å². The van der Waals surface area contributed by atoms with Gasteiger partial charge in [-0.1, -0.05) is 30.3 Å². The highest BCUT2D eigenvalue weighted by Crippen LogP contribution is 2.29. The molecule has 1 saturated carbocycles. The van der Waals surface area contributed by atoms with Gasteiger partial charge < -0.3 is 16.4 Å². The van der Waals surface area contributed by atoms with Crippen LogP contribution >= 0.6 is 0 Å². The number of rotatable bonds is 11. The molecule has 0 spiro atoms. The van der Waals surface area contributed by atoms with E-state index in [1.807, 2.05) is 31.2 Å². The van der Waals surface area contributed by atoms with E-state index in [4.69, 9.17) is 5.73 Å². The second-order valence-corrected chi connectivity index (χ2v) is 14.2. The summed E-state index contributed by atoms with van der Waals surface area (Å²) in [4.78, 5) is 39.1. The molecule has 46 heavy (non-hydrogen) atoms. The predicted molar refractivity (Wildman–Crippen MR) is 180 cm³/mol. The van der Waals surface area contributed by atoms with Gasteiger partial charge in [-0.3, -0.25) is 24.6 Å². The number of aromatic amines is 2. The Balaban J connectivity index is 1.34. The molecule has 11 nitrogen and oxygen atoms in total. The summed E-state index contributed by atoms with van der Waals surface area (Å²) in [5.74, 6) is -0.257. The zero-order valence-corrected chi connectivity index (χ0v) is 27.2. The molecule has 1 fully saturated rings. The van der Waals surface area contributed by atoms with Crippen LogP contribution in [-0.2, 0) is 26.0 Å². The maximum absolute atomic E-state index is 13.6. The van der Waals surface area contributed by atoms with E-state index in [1.54, 1.807) is 50.2 Å². The lowest BCUT2D eigenvalue weighted by Crippen LogP contribution is -2.48. The fourth-order valence-corrected chi connectivity index (χ4v) is 7.40. The molecule has 0 saturated heterocycles. The summed E-state index contributed by atoms with van der Waals surface area (Å²) >= 11 is 0. The van der Waals surface area contributed by atoms with Crippen LogP contribution < -0.4 is 26.6 Å². The number of nitrogens with two attached hydrogens (primary N) is 1. The van der Waals surface area contributed by atoms with Gasteiger partial charge in [0.15, 0.2) is 0 Å². The molecular weight excluding hydrogens is 604 g/mol. The molecular formula is C34H42N6O5S. The molecule has 1 atom stereocenters. The minimum Gasteiger partial charge on any atom is -0.344 e. The normalized spacial score (nSPS) is 17.6. The van der Waals surface area contributed by atoms with Crippen molar-refractivity contribution in [3.05, 3.63) is 82.1 Å². The molecule has 4 aromatic rings. The number of nitrogens with one attached hydrogen (secondary N) is 5. The number of anilines is 1. The number of carbonyl (C=O) groups excluding carboxylic acids is 2. The molecule has 244 valence electrons. The first kappa shape index (κ1) is 33.1. The Kier molecular flexibility index (Phi) is 10.1. The third kappa shape index (κ3) is 7.75. The van der Waals surface area contributed by atoms with E-state index in [0.717, 1.165) is 47.9 Å². The molecule has 5 rings (SSSR count). The Bertz CT molecular complexity index is 1870. The van der Waals surface area contributed by atoms with Crippen molar-refractivity contribution in [2.24, 2.45) is 17.6 Å². The maximum Gasteiger partial charge on any atom is 0.271 e. The molecule has 7 N–H and O–H groups in total. The van der Waals surface area contributed by atoms with Gasteiger partial charge in [0.2, 0.25) is 21.8 Å². The number of carbonyl (C=O) groups is 2. The second-order valence-electron chi connectivity index (χ2n) is 12.5. The summed E-state index contributed by atoms with van der Waals surface area (Å²) in [5.41, 5.74) is 10.1. The summed E-state index contributed by atoms with van der Waals surface area (Å²) in [5, 5.41) is 11.7. The number of amides is 2. The number of fused-ring (bicyclic) bond motifs is 1. The van der Waals surface area contributed by atoms with Crippen LogP contribution in [0.4, 0.5) is 5.69 Å². The topological polar surface area (TPSA) is 179 Å². The van der Waals surface area contributed by atoms with E-state index in [9.17, 15) is 22.8 Å². The Morgan fingerprint density at radius 1 is 0.957 bits per heavy atom. The molecule has 2 amide bonds. The Labute approximate surface area is 268 Å². The van der Waals surface area contributed by atoms with E-state index >= 15 is 0 Å². The van der Waals surface area contributed by atoms with Gasteiger partial charge in [-0.05, 0) is 112 Å². The van der Waals surface area contributed by atoms with Crippen LogP contribution in [0.25, 0.3) is 22.0 Å². The van der Waals surface area contributed by atoms with E-state index in [-0.39, 0.29) is 40.6 Å².